The van der Waals surface area contributed by atoms with Crippen molar-refractivity contribution in [1.29, 1.82) is 0 Å². The van der Waals surface area contributed by atoms with Crippen molar-refractivity contribution in [3.8, 4) is 17.0 Å². The average Bonchev–Trinajstić information content (AvgIpc) is 3.00. The number of benzene rings is 1. The molecular formula is C11H9N5O. The van der Waals surface area contributed by atoms with E-state index in [0.717, 1.165) is 11.3 Å². The lowest BCUT2D eigenvalue weighted by molar-refractivity contribution is 0.436. The SMILES string of the molecule is Nc1cc(-c2cccc(-n3nccn3)c2)on1. The van der Waals surface area contributed by atoms with Gasteiger partial charge in [0.25, 0.3) is 0 Å². The fourth-order valence-electron chi connectivity index (χ4n) is 1.56. The van der Waals surface area contributed by atoms with Gasteiger partial charge in [-0.05, 0) is 12.1 Å². The van der Waals surface area contributed by atoms with Gasteiger partial charge in [-0.2, -0.15) is 15.0 Å². The Balaban J connectivity index is 2.05. The summed E-state index contributed by atoms with van der Waals surface area (Å²) in [5.41, 5.74) is 7.24. The average molecular weight is 227 g/mol. The first-order valence-corrected chi connectivity index (χ1v) is 5.02. The van der Waals surface area contributed by atoms with E-state index in [9.17, 15) is 0 Å². The van der Waals surface area contributed by atoms with Crippen LogP contribution in [0.2, 0.25) is 0 Å². The molecule has 0 aliphatic heterocycles. The van der Waals surface area contributed by atoms with E-state index in [1.54, 1.807) is 18.5 Å². The highest BCUT2D eigenvalue weighted by Gasteiger charge is 2.06. The minimum Gasteiger partial charge on any atom is -0.381 e. The van der Waals surface area contributed by atoms with Crippen molar-refractivity contribution < 1.29 is 4.52 Å². The Morgan fingerprint density at radius 3 is 2.65 bits per heavy atom. The molecule has 2 heterocycles. The van der Waals surface area contributed by atoms with Crippen LogP contribution in [0.25, 0.3) is 17.0 Å². The third kappa shape index (κ3) is 1.76. The lowest BCUT2D eigenvalue weighted by Crippen LogP contribution is -1.97. The summed E-state index contributed by atoms with van der Waals surface area (Å²) in [6.45, 7) is 0. The molecule has 0 saturated heterocycles. The highest BCUT2D eigenvalue weighted by atomic mass is 16.5. The first kappa shape index (κ1) is 9.59. The van der Waals surface area contributed by atoms with Crippen LogP contribution in [0.1, 0.15) is 0 Å². The van der Waals surface area contributed by atoms with Gasteiger partial charge in [-0.25, -0.2) is 0 Å². The Labute approximate surface area is 96.6 Å². The molecule has 0 amide bonds. The number of nitrogen functional groups attached to an aromatic ring is 1. The molecule has 84 valence electrons. The molecule has 17 heavy (non-hydrogen) atoms. The van der Waals surface area contributed by atoms with Crippen LogP contribution < -0.4 is 5.73 Å². The second-order valence-corrected chi connectivity index (χ2v) is 3.48. The van der Waals surface area contributed by atoms with Gasteiger partial charge >= 0.3 is 0 Å². The maximum Gasteiger partial charge on any atom is 0.169 e. The number of nitrogens with zero attached hydrogens (tertiary/aromatic N) is 4. The first-order chi connectivity index (χ1) is 8.33. The number of aromatic nitrogens is 4. The Morgan fingerprint density at radius 1 is 1.12 bits per heavy atom. The summed E-state index contributed by atoms with van der Waals surface area (Å²) in [6.07, 6.45) is 3.25. The Kier molecular flexibility index (Phi) is 2.11. The van der Waals surface area contributed by atoms with Crippen LogP contribution in [0.4, 0.5) is 5.82 Å². The van der Waals surface area contributed by atoms with Crippen LogP contribution in [0.15, 0.2) is 47.2 Å². The predicted molar refractivity (Wildman–Crippen MR) is 61.3 cm³/mol. The monoisotopic (exact) mass is 227 g/mol. The van der Waals surface area contributed by atoms with Crippen molar-refractivity contribution in [3.63, 3.8) is 0 Å². The standard InChI is InChI=1S/C11H9N5O/c12-11-7-10(17-15-11)8-2-1-3-9(6-8)16-13-4-5-14-16/h1-7H,(H2,12,15). The van der Waals surface area contributed by atoms with E-state index in [0.29, 0.717) is 11.6 Å². The van der Waals surface area contributed by atoms with E-state index in [1.165, 1.54) is 4.80 Å². The van der Waals surface area contributed by atoms with Crippen molar-refractivity contribution in [1.82, 2.24) is 20.2 Å². The lowest BCUT2D eigenvalue weighted by Gasteiger charge is -2.01. The number of rotatable bonds is 2. The summed E-state index contributed by atoms with van der Waals surface area (Å²) in [5, 5.41) is 11.8. The molecule has 0 unspecified atom stereocenters. The Morgan fingerprint density at radius 2 is 1.94 bits per heavy atom. The summed E-state index contributed by atoms with van der Waals surface area (Å²) in [6, 6.07) is 9.29. The van der Waals surface area contributed by atoms with E-state index in [-0.39, 0.29) is 0 Å². The van der Waals surface area contributed by atoms with Gasteiger partial charge < -0.3 is 10.3 Å². The molecule has 6 heteroatoms. The second-order valence-electron chi connectivity index (χ2n) is 3.48. The molecule has 0 atom stereocenters. The van der Waals surface area contributed by atoms with Gasteiger partial charge in [-0.3, -0.25) is 0 Å². The van der Waals surface area contributed by atoms with Crippen LogP contribution in [-0.2, 0) is 0 Å². The van der Waals surface area contributed by atoms with Gasteiger partial charge in [0.1, 0.15) is 0 Å². The van der Waals surface area contributed by atoms with Crippen LogP contribution in [0.3, 0.4) is 0 Å². The molecule has 3 aromatic rings. The number of hydrogen-bond acceptors (Lipinski definition) is 5. The van der Waals surface area contributed by atoms with Crippen LogP contribution in [0, 0.1) is 0 Å². The van der Waals surface area contributed by atoms with Crippen molar-refractivity contribution >= 4 is 5.82 Å². The molecular weight excluding hydrogens is 218 g/mol. The largest absolute Gasteiger partial charge is 0.381 e. The predicted octanol–water partition coefficient (Wildman–Crippen LogP) is 1.50. The molecule has 0 aliphatic rings. The fourth-order valence-corrected chi connectivity index (χ4v) is 1.56. The van der Waals surface area contributed by atoms with Crippen molar-refractivity contribution in [2.45, 2.75) is 0 Å². The highest BCUT2D eigenvalue weighted by molar-refractivity contribution is 5.62. The quantitative estimate of drug-likeness (QED) is 0.717. The van der Waals surface area contributed by atoms with Crippen molar-refractivity contribution in [2.75, 3.05) is 5.73 Å². The Bertz CT molecular complexity index is 629. The first-order valence-electron chi connectivity index (χ1n) is 5.02. The molecule has 2 aromatic heterocycles. The number of anilines is 1. The van der Waals surface area contributed by atoms with E-state index in [4.69, 9.17) is 10.3 Å². The zero-order chi connectivity index (χ0) is 11.7. The molecule has 0 spiro atoms. The van der Waals surface area contributed by atoms with Gasteiger partial charge in [-0.1, -0.05) is 17.3 Å². The van der Waals surface area contributed by atoms with E-state index in [1.807, 2.05) is 24.3 Å². The molecule has 3 rings (SSSR count). The smallest absolute Gasteiger partial charge is 0.169 e. The molecule has 1 aromatic carbocycles. The van der Waals surface area contributed by atoms with Crippen molar-refractivity contribution in [3.05, 3.63) is 42.7 Å². The van der Waals surface area contributed by atoms with Crippen LogP contribution in [0.5, 0.6) is 0 Å². The molecule has 0 fully saturated rings. The number of nitrogens with two attached hydrogens (primary N) is 1. The zero-order valence-corrected chi connectivity index (χ0v) is 8.82. The van der Waals surface area contributed by atoms with Gasteiger partial charge in [0, 0.05) is 11.6 Å². The van der Waals surface area contributed by atoms with Gasteiger partial charge in [0.15, 0.2) is 11.6 Å². The maximum atomic E-state index is 5.51. The van der Waals surface area contributed by atoms with Gasteiger partial charge in [0.05, 0.1) is 18.1 Å². The van der Waals surface area contributed by atoms with Crippen LogP contribution in [-0.4, -0.2) is 20.2 Å². The number of hydrogen-bond donors (Lipinski definition) is 1. The fraction of sp³-hybridized carbons (Fsp3) is 0. The molecule has 0 bridgehead atoms. The van der Waals surface area contributed by atoms with Crippen LogP contribution >= 0.6 is 0 Å². The zero-order valence-electron chi connectivity index (χ0n) is 8.82. The topological polar surface area (TPSA) is 82.8 Å². The Hall–Kier alpha value is -2.63. The molecule has 2 N–H and O–H groups in total. The summed E-state index contributed by atoms with van der Waals surface area (Å²) in [7, 11) is 0. The second kappa shape index (κ2) is 3.75. The molecule has 6 nitrogen and oxygen atoms in total. The van der Waals surface area contributed by atoms with Gasteiger partial charge in [-0.15, -0.1) is 0 Å². The molecule has 0 radical (unpaired) electrons. The van der Waals surface area contributed by atoms with Gasteiger partial charge in [0.2, 0.25) is 0 Å². The minimum absolute atomic E-state index is 0.364. The third-order valence-electron chi connectivity index (χ3n) is 2.31. The lowest BCUT2D eigenvalue weighted by atomic mass is 10.1. The summed E-state index contributed by atoms with van der Waals surface area (Å²) in [4.78, 5) is 1.53. The molecule has 0 saturated carbocycles. The minimum atomic E-state index is 0.364. The summed E-state index contributed by atoms with van der Waals surface area (Å²) in [5.74, 6) is 0.985. The normalized spacial score (nSPS) is 10.6. The maximum absolute atomic E-state index is 5.51. The highest BCUT2D eigenvalue weighted by Crippen LogP contribution is 2.22. The summed E-state index contributed by atoms with van der Waals surface area (Å²) >= 11 is 0. The third-order valence-corrected chi connectivity index (χ3v) is 2.31. The molecule has 0 aliphatic carbocycles. The van der Waals surface area contributed by atoms with E-state index in [2.05, 4.69) is 15.4 Å². The van der Waals surface area contributed by atoms with E-state index < -0.39 is 0 Å². The van der Waals surface area contributed by atoms with Crippen molar-refractivity contribution in [2.24, 2.45) is 0 Å². The van der Waals surface area contributed by atoms with E-state index >= 15 is 0 Å². The summed E-state index contributed by atoms with van der Waals surface area (Å²) < 4.78 is 5.10.